The van der Waals surface area contributed by atoms with Crippen LogP contribution in [-0.2, 0) is 17.0 Å². The van der Waals surface area contributed by atoms with Crippen LogP contribution < -0.4 is 0 Å². The first kappa shape index (κ1) is 24.5. The van der Waals surface area contributed by atoms with Crippen LogP contribution in [0.3, 0.4) is 0 Å². The van der Waals surface area contributed by atoms with Crippen LogP contribution in [-0.4, -0.2) is 27.1 Å². The maximum Gasteiger partial charge on any atom is 0.338 e. The number of ether oxygens (including phenoxy) is 1. The molecule has 0 amide bonds. The molecule has 5 nitrogen and oxygen atoms in total. The van der Waals surface area contributed by atoms with E-state index in [1.807, 2.05) is 42.5 Å². The predicted octanol–water partition coefficient (Wildman–Crippen LogP) is 7.12. The summed E-state index contributed by atoms with van der Waals surface area (Å²) in [5.41, 5.74) is 6.74. The lowest BCUT2D eigenvalue weighted by molar-refractivity contribution is 0.0526. The molecule has 0 radical (unpaired) electrons. The van der Waals surface area contributed by atoms with Gasteiger partial charge in [-0.05, 0) is 53.9 Å². The average molecular weight is 506 g/mol. The van der Waals surface area contributed by atoms with Crippen molar-refractivity contribution in [1.82, 2.24) is 14.5 Å². The highest BCUT2D eigenvalue weighted by Gasteiger charge is 2.15. The number of pyridine rings is 1. The third-order valence-corrected chi connectivity index (χ3v) is 6.93. The van der Waals surface area contributed by atoms with E-state index in [2.05, 4.69) is 58.1 Å². The van der Waals surface area contributed by atoms with Crippen molar-refractivity contribution < 1.29 is 9.53 Å². The van der Waals surface area contributed by atoms with Crippen LogP contribution in [0, 0.1) is 0 Å². The summed E-state index contributed by atoms with van der Waals surface area (Å²) in [7, 11) is 0. The van der Waals surface area contributed by atoms with Crippen LogP contribution >= 0.6 is 11.8 Å². The molecular weight excluding hydrogens is 478 g/mol. The monoisotopic (exact) mass is 505 g/mol. The Morgan fingerprint density at radius 3 is 2.41 bits per heavy atom. The number of rotatable bonds is 9. The van der Waals surface area contributed by atoms with Gasteiger partial charge in [0.2, 0.25) is 0 Å². The van der Waals surface area contributed by atoms with Crippen molar-refractivity contribution in [3.63, 3.8) is 0 Å². The van der Waals surface area contributed by atoms with Gasteiger partial charge in [0, 0.05) is 11.9 Å². The first-order valence-corrected chi connectivity index (χ1v) is 13.2. The molecule has 184 valence electrons. The SMILES string of the molecule is CCOC(=O)c1ccc2c(c1)nc(SCc1ccc(/C=C/c3ccccc3)cc1)n2Cc1ccccn1. The second kappa shape index (κ2) is 11.7. The Hall–Kier alpha value is -4.16. The van der Waals surface area contributed by atoms with E-state index in [4.69, 9.17) is 9.72 Å². The van der Waals surface area contributed by atoms with Gasteiger partial charge >= 0.3 is 5.97 Å². The molecule has 0 aliphatic rings. The van der Waals surface area contributed by atoms with E-state index >= 15 is 0 Å². The fourth-order valence-corrected chi connectivity index (χ4v) is 4.97. The first-order valence-electron chi connectivity index (χ1n) is 12.2. The van der Waals surface area contributed by atoms with Gasteiger partial charge in [-0.15, -0.1) is 0 Å². The second-order valence-electron chi connectivity index (χ2n) is 8.50. The maximum absolute atomic E-state index is 12.3. The van der Waals surface area contributed by atoms with Gasteiger partial charge in [-0.1, -0.05) is 84.6 Å². The molecule has 5 aromatic rings. The zero-order valence-corrected chi connectivity index (χ0v) is 21.4. The molecule has 0 fully saturated rings. The summed E-state index contributed by atoms with van der Waals surface area (Å²) in [5, 5.41) is 0.884. The zero-order valence-electron chi connectivity index (χ0n) is 20.6. The summed E-state index contributed by atoms with van der Waals surface area (Å²) in [6.45, 7) is 2.74. The van der Waals surface area contributed by atoms with Crippen molar-refractivity contribution in [1.29, 1.82) is 0 Å². The number of esters is 1. The van der Waals surface area contributed by atoms with Crippen LogP contribution in [0.2, 0.25) is 0 Å². The standard InChI is InChI=1S/C31H27N3O2S/c1-2-36-30(35)26-17-18-29-28(20-26)33-31(34(29)21-27-10-6-7-19-32-27)37-22-25-15-13-24(14-16-25)12-11-23-8-4-3-5-9-23/h3-20H,2,21-22H2,1H3/b12-11+. The second-order valence-corrected chi connectivity index (χ2v) is 9.44. The molecule has 0 spiro atoms. The summed E-state index contributed by atoms with van der Waals surface area (Å²) < 4.78 is 7.33. The number of fused-ring (bicyclic) bond motifs is 1. The van der Waals surface area contributed by atoms with E-state index in [9.17, 15) is 4.79 Å². The quantitative estimate of drug-likeness (QED) is 0.121. The highest BCUT2D eigenvalue weighted by Crippen LogP contribution is 2.28. The Balaban J connectivity index is 1.36. The van der Waals surface area contributed by atoms with Gasteiger partial charge in [0.15, 0.2) is 5.16 Å². The molecule has 0 unspecified atom stereocenters. The number of carbonyl (C=O) groups excluding carboxylic acids is 1. The molecule has 0 saturated carbocycles. The Kier molecular flexibility index (Phi) is 7.77. The van der Waals surface area contributed by atoms with E-state index in [1.54, 1.807) is 37.0 Å². The minimum Gasteiger partial charge on any atom is -0.462 e. The highest BCUT2D eigenvalue weighted by molar-refractivity contribution is 7.98. The lowest BCUT2D eigenvalue weighted by atomic mass is 10.1. The molecule has 6 heteroatoms. The maximum atomic E-state index is 12.3. The van der Waals surface area contributed by atoms with Crippen molar-refractivity contribution >= 4 is 40.9 Å². The average Bonchev–Trinajstić information content (AvgIpc) is 3.29. The smallest absolute Gasteiger partial charge is 0.338 e. The Morgan fingerprint density at radius 2 is 1.68 bits per heavy atom. The number of hydrogen-bond acceptors (Lipinski definition) is 5. The van der Waals surface area contributed by atoms with Gasteiger partial charge in [0.25, 0.3) is 0 Å². The largest absolute Gasteiger partial charge is 0.462 e. The van der Waals surface area contributed by atoms with Crippen molar-refractivity contribution in [2.45, 2.75) is 24.4 Å². The number of imidazole rings is 1. The summed E-state index contributed by atoms with van der Waals surface area (Å²) in [6, 6.07) is 30.3. The normalized spacial score (nSPS) is 11.3. The number of thioether (sulfide) groups is 1. The molecule has 5 rings (SSSR count). The van der Waals surface area contributed by atoms with E-state index < -0.39 is 0 Å². The molecule has 37 heavy (non-hydrogen) atoms. The summed E-state index contributed by atoms with van der Waals surface area (Å²) in [4.78, 5) is 21.6. The fraction of sp³-hybridized carbons (Fsp3) is 0.129. The minimum absolute atomic E-state index is 0.334. The van der Waals surface area contributed by atoms with Gasteiger partial charge in [0.1, 0.15) is 0 Å². The lowest BCUT2D eigenvalue weighted by Crippen LogP contribution is -2.05. The number of hydrogen-bond donors (Lipinski definition) is 0. The summed E-state index contributed by atoms with van der Waals surface area (Å²) in [5.74, 6) is 0.443. The molecule has 0 aliphatic carbocycles. The van der Waals surface area contributed by atoms with Crippen LogP contribution in [0.4, 0.5) is 0 Å². The molecular formula is C31H27N3O2S. The van der Waals surface area contributed by atoms with Gasteiger partial charge < -0.3 is 9.30 Å². The number of carbonyl (C=O) groups is 1. The van der Waals surface area contributed by atoms with Crippen LogP contribution in [0.1, 0.15) is 39.7 Å². The number of benzene rings is 3. The van der Waals surface area contributed by atoms with Crippen molar-refractivity contribution in [2.24, 2.45) is 0 Å². The topological polar surface area (TPSA) is 57.0 Å². The van der Waals surface area contributed by atoms with Crippen LogP contribution in [0.15, 0.2) is 102 Å². The molecule has 0 bridgehead atoms. The van der Waals surface area contributed by atoms with Crippen molar-refractivity contribution in [3.8, 4) is 0 Å². The number of nitrogens with zero attached hydrogens (tertiary/aromatic N) is 3. The van der Waals surface area contributed by atoms with E-state index in [0.717, 1.165) is 33.2 Å². The fourth-order valence-electron chi connectivity index (χ4n) is 4.00. The Labute approximate surface area is 220 Å². The molecule has 0 atom stereocenters. The van der Waals surface area contributed by atoms with Gasteiger partial charge in [-0.3, -0.25) is 4.98 Å². The van der Waals surface area contributed by atoms with Gasteiger partial charge in [-0.25, -0.2) is 9.78 Å². The Morgan fingerprint density at radius 1 is 0.919 bits per heavy atom. The molecule has 2 aromatic heterocycles. The molecule has 2 heterocycles. The molecule has 0 aliphatic heterocycles. The highest BCUT2D eigenvalue weighted by atomic mass is 32.2. The van der Waals surface area contributed by atoms with Gasteiger partial charge in [-0.2, -0.15) is 0 Å². The van der Waals surface area contributed by atoms with Crippen LogP contribution in [0.25, 0.3) is 23.2 Å². The third-order valence-electron chi connectivity index (χ3n) is 5.89. The first-order chi connectivity index (χ1) is 18.2. The minimum atomic E-state index is -0.334. The Bertz CT molecular complexity index is 1510. The molecule has 0 saturated heterocycles. The van der Waals surface area contributed by atoms with Crippen molar-refractivity contribution in [3.05, 3.63) is 125 Å². The third kappa shape index (κ3) is 6.16. The van der Waals surface area contributed by atoms with Gasteiger partial charge in [0.05, 0.1) is 35.4 Å². The van der Waals surface area contributed by atoms with Crippen molar-refractivity contribution in [2.75, 3.05) is 6.61 Å². The summed E-state index contributed by atoms with van der Waals surface area (Å²) >= 11 is 1.68. The number of aromatic nitrogens is 3. The predicted molar refractivity (Wildman–Crippen MR) is 150 cm³/mol. The summed E-state index contributed by atoms with van der Waals surface area (Å²) in [6.07, 6.45) is 6.04. The zero-order chi connectivity index (χ0) is 25.5. The van der Waals surface area contributed by atoms with E-state index in [0.29, 0.717) is 18.7 Å². The molecule has 3 aromatic carbocycles. The lowest BCUT2D eigenvalue weighted by Gasteiger charge is -2.09. The van der Waals surface area contributed by atoms with E-state index in [-0.39, 0.29) is 5.97 Å². The molecule has 0 N–H and O–H groups in total. The van der Waals surface area contributed by atoms with Crippen LogP contribution in [0.5, 0.6) is 0 Å². The van der Waals surface area contributed by atoms with E-state index in [1.165, 1.54) is 11.1 Å².